The average molecular weight is 358 g/mol. The Bertz CT molecular complexity index is 740. The molecule has 0 aliphatic rings. The molecule has 0 atom stereocenters. The summed E-state index contributed by atoms with van der Waals surface area (Å²) in [5.74, 6) is 0.557. The molecule has 0 amide bonds. The number of rotatable bonds is 7. The van der Waals surface area contributed by atoms with Gasteiger partial charge in [0.05, 0.1) is 14.2 Å². The number of benzene rings is 2. The zero-order valence-corrected chi connectivity index (χ0v) is 15.3. The van der Waals surface area contributed by atoms with Crippen LogP contribution in [0.4, 0.5) is 0 Å². The Morgan fingerprint density at radius 3 is 1.62 bits per heavy atom. The van der Waals surface area contributed by atoms with E-state index in [4.69, 9.17) is 18.9 Å². The summed E-state index contributed by atoms with van der Waals surface area (Å²) in [6.45, 7) is 2.88. The lowest BCUT2D eigenvalue weighted by Gasteiger charge is -2.17. The van der Waals surface area contributed by atoms with Gasteiger partial charge in [-0.1, -0.05) is 12.1 Å². The maximum Gasteiger partial charge on any atom is 0.302 e. The van der Waals surface area contributed by atoms with Crippen molar-refractivity contribution in [2.45, 2.75) is 27.1 Å². The fraction of sp³-hybridized carbons (Fsp3) is 0.300. The minimum atomic E-state index is -0.380. The van der Waals surface area contributed by atoms with Gasteiger partial charge in [0, 0.05) is 25.0 Å². The highest BCUT2D eigenvalue weighted by molar-refractivity contribution is 5.74. The van der Waals surface area contributed by atoms with E-state index in [0.717, 1.165) is 28.0 Å². The van der Waals surface area contributed by atoms with Crippen LogP contribution in [0, 0.1) is 0 Å². The molecule has 0 spiro atoms. The Labute approximate surface area is 152 Å². The van der Waals surface area contributed by atoms with E-state index < -0.39 is 0 Å². The fourth-order valence-corrected chi connectivity index (χ4v) is 2.57. The number of carbonyl (C=O) groups excluding carboxylic acids is 2. The molecule has 0 aromatic heterocycles. The number of carbonyl (C=O) groups is 2. The molecule has 26 heavy (non-hydrogen) atoms. The van der Waals surface area contributed by atoms with Gasteiger partial charge in [0.15, 0.2) is 0 Å². The lowest BCUT2D eigenvalue weighted by molar-refractivity contribution is -0.142. The van der Waals surface area contributed by atoms with Crippen molar-refractivity contribution in [3.8, 4) is 22.6 Å². The lowest BCUT2D eigenvalue weighted by Crippen LogP contribution is -2.06. The first-order valence-corrected chi connectivity index (χ1v) is 8.05. The first-order valence-electron chi connectivity index (χ1n) is 8.05. The van der Waals surface area contributed by atoms with Crippen molar-refractivity contribution in [2.75, 3.05) is 14.2 Å². The predicted octanol–water partition coefficient (Wildman–Crippen LogP) is 3.50. The molecule has 0 N–H and O–H groups in total. The van der Waals surface area contributed by atoms with E-state index in [-0.39, 0.29) is 25.2 Å². The largest absolute Gasteiger partial charge is 0.497 e. The standard InChI is InChI=1S/C20H22O6/c1-13(21)25-11-16-9-19(24-4)10-17(12-26-14(2)22)20(16)15-5-7-18(23-3)8-6-15/h5-10H,11-12H2,1-4H3. The normalized spacial score (nSPS) is 10.2. The molecule has 0 unspecified atom stereocenters. The predicted molar refractivity (Wildman–Crippen MR) is 95.9 cm³/mol. The van der Waals surface area contributed by atoms with Crippen molar-refractivity contribution in [1.82, 2.24) is 0 Å². The van der Waals surface area contributed by atoms with E-state index in [9.17, 15) is 9.59 Å². The summed E-state index contributed by atoms with van der Waals surface area (Å²) in [6, 6.07) is 11.1. The molecular formula is C20H22O6. The highest BCUT2D eigenvalue weighted by Gasteiger charge is 2.16. The van der Waals surface area contributed by atoms with Gasteiger partial charge in [0.25, 0.3) is 0 Å². The SMILES string of the molecule is COc1ccc(-c2c(COC(C)=O)cc(OC)cc2COC(C)=O)cc1. The zero-order valence-electron chi connectivity index (χ0n) is 15.3. The molecule has 0 saturated carbocycles. The second-order valence-corrected chi connectivity index (χ2v) is 5.61. The molecule has 0 aliphatic heterocycles. The van der Waals surface area contributed by atoms with Gasteiger partial charge < -0.3 is 18.9 Å². The molecule has 0 aliphatic carbocycles. The van der Waals surface area contributed by atoms with Gasteiger partial charge in [-0.05, 0) is 35.4 Å². The van der Waals surface area contributed by atoms with Gasteiger partial charge in [-0.2, -0.15) is 0 Å². The van der Waals surface area contributed by atoms with Crippen molar-refractivity contribution < 1.29 is 28.5 Å². The monoisotopic (exact) mass is 358 g/mol. The number of esters is 2. The van der Waals surface area contributed by atoms with Gasteiger partial charge >= 0.3 is 11.9 Å². The zero-order chi connectivity index (χ0) is 19.1. The van der Waals surface area contributed by atoms with Crippen LogP contribution < -0.4 is 9.47 Å². The maximum atomic E-state index is 11.3. The highest BCUT2D eigenvalue weighted by Crippen LogP contribution is 2.34. The third-order valence-corrected chi connectivity index (χ3v) is 3.75. The molecule has 2 aromatic carbocycles. The number of hydrogen-bond acceptors (Lipinski definition) is 6. The minimum Gasteiger partial charge on any atom is -0.497 e. The molecule has 2 rings (SSSR count). The molecule has 6 nitrogen and oxygen atoms in total. The van der Waals surface area contributed by atoms with Crippen LogP contribution in [0.5, 0.6) is 11.5 Å². The summed E-state index contributed by atoms with van der Waals surface area (Å²) in [6.07, 6.45) is 0. The second-order valence-electron chi connectivity index (χ2n) is 5.61. The molecule has 6 heteroatoms. The Hall–Kier alpha value is -3.02. The maximum absolute atomic E-state index is 11.3. The van der Waals surface area contributed by atoms with Crippen LogP contribution in [-0.4, -0.2) is 26.2 Å². The van der Waals surface area contributed by atoms with Crippen LogP contribution in [0.1, 0.15) is 25.0 Å². The van der Waals surface area contributed by atoms with E-state index in [1.807, 2.05) is 24.3 Å². The Balaban J connectivity index is 2.56. The second kappa shape index (κ2) is 8.89. The van der Waals surface area contributed by atoms with Gasteiger partial charge in [0.1, 0.15) is 24.7 Å². The topological polar surface area (TPSA) is 71.1 Å². The Kier molecular flexibility index (Phi) is 6.60. The van der Waals surface area contributed by atoms with Crippen LogP contribution >= 0.6 is 0 Å². The third-order valence-electron chi connectivity index (χ3n) is 3.75. The van der Waals surface area contributed by atoms with Crippen LogP contribution in [0.25, 0.3) is 11.1 Å². The quantitative estimate of drug-likeness (QED) is 0.706. The Morgan fingerprint density at radius 1 is 0.769 bits per heavy atom. The lowest BCUT2D eigenvalue weighted by atomic mass is 9.94. The summed E-state index contributed by atoms with van der Waals surface area (Å²) in [5, 5.41) is 0. The smallest absolute Gasteiger partial charge is 0.302 e. The first-order chi connectivity index (χ1) is 12.4. The number of methoxy groups -OCH3 is 2. The molecule has 2 aromatic rings. The molecule has 0 heterocycles. The van der Waals surface area contributed by atoms with E-state index in [2.05, 4.69) is 0 Å². The Morgan fingerprint density at radius 2 is 1.23 bits per heavy atom. The fourth-order valence-electron chi connectivity index (χ4n) is 2.57. The van der Waals surface area contributed by atoms with E-state index in [1.165, 1.54) is 13.8 Å². The first kappa shape index (κ1) is 19.3. The van der Waals surface area contributed by atoms with Crippen LogP contribution in [0.2, 0.25) is 0 Å². The van der Waals surface area contributed by atoms with Gasteiger partial charge in [0.2, 0.25) is 0 Å². The molecule has 0 bridgehead atoms. The van der Waals surface area contributed by atoms with Gasteiger partial charge in [-0.15, -0.1) is 0 Å². The van der Waals surface area contributed by atoms with Crippen molar-refractivity contribution in [3.63, 3.8) is 0 Å². The third kappa shape index (κ3) is 4.99. The van der Waals surface area contributed by atoms with Crippen molar-refractivity contribution in [1.29, 1.82) is 0 Å². The summed E-state index contributed by atoms with van der Waals surface area (Å²) < 4.78 is 20.9. The summed E-state index contributed by atoms with van der Waals surface area (Å²) >= 11 is 0. The van der Waals surface area contributed by atoms with Crippen LogP contribution in [0.3, 0.4) is 0 Å². The number of ether oxygens (including phenoxy) is 4. The van der Waals surface area contributed by atoms with E-state index in [0.29, 0.717) is 5.75 Å². The van der Waals surface area contributed by atoms with Crippen molar-refractivity contribution in [3.05, 3.63) is 47.5 Å². The molecule has 0 radical (unpaired) electrons. The molecule has 138 valence electrons. The van der Waals surface area contributed by atoms with Gasteiger partial charge in [-0.25, -0.2) is 0 Å². The minimum absolute atomic E-state index is 0.0843. The molecule has 0 fully saturated rings. The molecule has 0 saturated heterocycles. The summed E-state index contributed by atoms with van der Waals surface area (Å²) in [7, 11) is 3.15. The van der Waals surface area contributed by atoms with Crippen LogP contribution in [-0.2, 0) is 32.3 Å². The summed E-state index contributed by atoms with van der Waals surface area (Å²) in [5.41, 5.74) is 3.23. The number of hydrogen-bond donors (Lipinski definition) is 0. The van der Waals surface area contributed by atoms with Crippen molar-refractivity contribution in [2.24, 2.45) is 0 Å². The average Bonchev–Trinajstić information content (AvgIpc) is 2.64. The van der Waals surface area contributed by atoms with E-state index in [1.54, 1.807) is 26.4 Å². The highest BCUT2D eigenvalue weighted by atomic mass is 16.5. The van der Waals surface area contributed by atoms with Crippen LogP contribution in [0.15, 0.2) is 36.4 Å². The summed E-state index contributed by atoms with van der Waals surface area (Å²) in [4.78, 5) is 22.5. The molecular weight excluding hydrogens is 336 g/mol. The van der Waals surface area contributed by atoms with Gasteiger partial charge in [-0.3, -0.25) is 9.59 Å². The van der Waals surface area contributed by atoms with Crippen molar-refractivity contribution >= 4 is 11.9 Å². The van der Waals surface area contributed by atoms with E-state index >= 15 is 0 Å².